The molecular weight excluding hydrogens is 344 g/mol. The molecule has 1 heterocycles. The van der Waals surface area contributed by atoms with Crippen molar-refractivity contribution in [3.63, 3.8) is 0 Å². The van der Waals surface area contributed by atoms with Crippen LogP contribution in [0.2, 0.25) is 0 Å². The molecule has 0 aliphatic rings. The monoisotopic (exact) mass is 358 g/mol. The van der Waals surface area contributed by atoms with Gasteiger partial charge < -0.3 is 4.98 Å². The van der Waals surface area contributed by atoms with E-state index in [1.54, 1.807) is 13.1 Å². The number of benzene rings is 2. The molecule has 9 heteroatoms. The number of aromatic nitrogens is 1. The molecule has 3 aromatic rings. The maximum Gasteiger partial charge on any atom is 0.276 e. The maximum atomic E-state index is 12.3. The number of sulfonamides is 1. The van der Waals surface area contributed by atoms with Crippen molar-refractivity contribution >= 4 is 32.3 Å². The summed E-state index contributed by atoms with van der Waals surface area (Å²) in [5.74, 6) is 0. The molecular formula is C16H14N4O4S. The summed E-state index contributed by atoms with van der Waals surface area (Å²) in [5.41, 5.74) is 1.83. The number of hydrogen-bond acceptors (Lipinski definition) is 5. The van der Waals surface area contributed by atoms with Crippen LogP contribution in [-0.2, 0) is 10.0 Å². The van der Waals surface area contributed by atoms with Crippen LogP contribution in [0.25, 0.3) is 10.9 Å². The molecule has 0 saturated heterocycles. The predicted molar refractivity (Wildman–Crippen MR) is 93.9 cm³/mol. The largest absolute Gasteiger partial charge is 0.360 e. The molecule has 0 spiro atoms. The maximum absolute atomic E-state index is 12.3. The Kier molecular flexibility index (Phi) is 4.24. The minimum atomic E-state index is -4.01. The number of para-hydroxylation sites is 1. The number of fused-ring (bicyclic) bond motifs is 1. The quantitative estimate of drug-likeness (QED) is 0.414. The second-order valence-corrected chi connectivity index (χ2v) is 6.96. The number of nitrogens with zero attached hydrogens (tertiary/aromatic N) is 2. The van der Waals surface area contributed by atoms with Gasteiger partial charge in [-0.05, 0) is 19.1 Å². The molecule has 0 fully saturated rings. The normalized spacial score (nSPS) is 12.3. The molecule has 25 heavy (non-hydrogen) atoms. The summed E-state index contributed by atoms with van der Waals surface area (Å²) in [5, 5.41) is 15.6. The Labute approximate surface area is 143 Å². The zero-order valence-corrected chi connectivity index (χ0v) is 13.9. The number of H-pyrrole nitrogens is 1. The van der Waals surface area contributed by atoms with Crippen LogP contribution < -0.4 is 4.83 Å². The predicted octanol–water partition coefficient (Wildman–Crippen LogP) is 2.78. The molecule has 0 unspecified atom stereocenters. The van der Waals surface area contributed by atoms with E-state index in [0.29, 0.717) is 5.71 Å². The van der Waals surface area contributed by atoms with Crippen molar-refractivity contribution in [2.75, 3.05) is 0 Å². The summed E-state index contributed by atoms with van der Waals surface area (Å²) in [6.45, 7) is 1.67. The molecule has 0 aliphatic carbocycles. The van der Waals surface area contributed by atoms with Crippen molar-refractivity contribution in [2.24, 2.45) is 5.10 Å². The zero-order valence-electron chi connectivity index (χ0n) is 13.1. The Balaban J connectivity index is 1.89. The van der Waals surface area contributed by atoms with Crippen LogP contribution in [-0.4, -0.2) is 24.0 Å². The molecule has 0 bridgehead atoms. The van der Waals surface area contributed by atoms with Crippen molar-refractivity contribution in [1.82, 2.24) is 9.82 Å². The smallest absolute Gasteiger partial charge is 0.276 e. The molecule has 3 rings (SSSR count). The van der Waals surface area contributed by atoms with Crippen LogP contribution in [0.5, 0.6) is 0 Å². The summed E-state index contributed by atoms with van der Waals surface area (Å²) < 4.78 is 24.6. The van der Waals surface area contributed by atoms with Crippen molar-refractivity contribution in [3.8, 4) is 0 Å². The number of aromatic amines is 1. The number of nitro benzene ring substituents is 1. The highest BCUT2D eigenvalue weighted by Crippen LogP contribution is 2.19. The highest BCUT2D eigenvalue weighted by molar-refractivity contribution is 7.89. The van der Waals surface area contributed by atoms with Gasteiger partial charge in [-0.15, -0.1) is 0 Å². The number of non-ortho nitro benzene ring substituents is 1. The number of hydrogen-bond donors (Lipinski definition) is 2. The first-order valence-corrected chi connectivity index (χ1v) is 8.74. The number of hydrazone groups is 1. The van der Waals surface area contributed by atoms with E-state index in [1.165, 1.54) is 18.2 Å². The Morgan fingerprint density at radius 2 is 1.96 bits per heavy atom. The summed E-state index contributed by atoms with van der Waals surface area (Å²) in [6.07, 6.45) is 1.74. The van der Waals surface area contributed by atoms with Gasteiger partial charge in [0.05, 0.1) is 15.5 Å². The summed E-state index contributed by atoms with van der Waals surface area (Å²) >= 11 is 0. The minimum absolute atomic E-state index is 0.225. The van der Waals surface area contributed by atoms with Gasteiger partial charge in [-0.2, -0.15) is 18.4 Å². The van der Waals surface area contributed by atoms with Crippen LogP contribution in [0, 0.1) is 10.1 Å². The molecule has 1 aromatic heterocycles. The van der Waals surface area contributed by atoms with Gasteiger partial charge in [0, 0.05) is 34.8 Å². The fraction of sp³-hybridized carbons (Fsp3) is 0.0625. The third kappa shape index (κ3) is 3.36. The summed E-state index contributed by atoms with van der Waals surface area (Å²) in [6, 6.07) is 12.3. The topological polar surface area (TPSA) is 117 Å². The second-order valence-electron chi connectivity index (χ2n) is 5.29. The van der Waals surface area contributed by atoms with Crippen molar-refractivity contribution in [1.29, 1.82) is 0 Å². The first kappa shape index (κ1) is 16.7. The lowest BCUT2D eigenvalue weighted by Crippen LogP contribution is -2.20. The van der Waals surface area contributed by atoms with Crippen LogP contribution in [0.4, 0.5) is 5.69 Å². The highest BCUT2D eigenvalue weighted by atomic mass is 32.2. The summed E-state index contributed by atoms with van der Waals surface area (Å²) in [7, 11) is -4.01. The standard InChI is InChI=1S/C16H14N4O4S/c1-11(15-10-17-16-8-3-2-7-14(15)16)18-19-25(23,24)13-6-4-5-12(9-13)20(21)22/h2-10,17,19H,1H3/b18-11-. The van der Waals surface area contributed by atoms with Crippen LogP contribution in [0.1, 0.15) is 12.5 Å². The minimum Gasteiger partial charge on any atom is -0.360 e. The number of nitro groups is 1. The first-order chi connectivity index (χ1) is 11.9. The van der Waals surface area contributed by atoms with E-state index in [2.05, 4.69) is 14.9 Å². The van der Waals surface area contributed by atoms with Gasteiger partial charge in [-0.1, -0.05) is 24.3 Å². The molecule has 0 aliphatic heterocycles. The van der Waals surface area contributed by atoms with Gasteiger partial charge in [0.1, 0.15) is 0 Å². The molecule has 0 amide bonds. The molecule has 0 saturated carbocycles. The van der Waals surface area contributed by atoms with Crippen LogP contribution in [0.3, 0.4) is 0 Å². The van der Waals surface area contributed by atoms with E-state index in [0.717, 1.165) is 22.5 Å². The van der Waals surface area contributed by atoms with Crippen LogP contribution in [0.15, 0.2) is 64.7 Å². The lowest BCUT2D eigenvalue weighted by Gasteiger charge is -2.05. The third-order valence-corrected chi connectivity index (χ3v) is 4.86. The average molecular weight is 358 g/mol. The molecule has 2 N–H and O–H groups in total. The zero-order chi connectivity index (χ0) is 18.0. The Morgan fingerprint density at radius 1 is 1.20 bits per heavy atom. The Hall–Kier alpha value is -3.20. The fourth-order valence-electron chi connectivity index (χ4n) is 2.38. The van der Waals surface area contributed by atoms with E-state index in [9.17, 15) is 18.5 Å². The lowest BCUT2D eigenvalue weighted by atomic mass is 10.1. The van der Waals surface area contributed by atoms with E-state index < -0.39 is 14.9 Å². The molecule has 128 valence electrons. The molecule has 0 atom stereocenters. The number of rotatable bonds is 5. The average Bonchev–Trinajstić information content (AvgIpc) is 3.04. The van der Waals surface area contributed by atoms with Gasteiger partial charge in [0.25, 0.3) is 15.7 Å². The first-order valence-electron chi connectivity index (χ1n) is 7.25. The SMILES string of the molecule is C/C(=N/NS(=O)(=O)c1cccc([N+](=O)[O-])c1)c1c[nH]c2ccccc12. The summed E-state index contributed by atoms with van der Waals surface area (Å²) in [4.78, 5) is 15.1. The van der Waals surface area contributed by atoms with Gasteiger partial charge in [-0.25, -0.2) is 0 Å². The number of nitrogens with one attached hydrogen (secondary N) is 2. The molecule has 8 nitrogen and oxygen atoms in total. The van der Waals surface area contributed by atoms with Gasteiger partial charge >= 0.3 is 0 Å². The van der Waals surface area contributed by atoms with Gasteiger partial charge in [0.15, 0.2) is 0 Å². The lowest BCUT2D eigenvalue weighted by molar-refractivity contribution is -0.385. The van der Waals surface area contributed by atoms with E-state index >= 15 is 0 Å². The second kappa shape index (κ2) is 6.36. The molecule has 0 radical (unpaired) electrons. The highest BCUT2D eigenvalue weighted by Gasteiger charge is 2.17. The van der Waals surface area contributed by atoms with Crippen molar-refractivity contribution in [2.45, 2.75) is 11.8 Å². The Bertz CT molecular complexity index is 1090. The third-order valence-electron chi connectivity index (χ3n) is 3.65. The van der Waals surface area contributed by atoms with Crippen molar-refractivity contribution < 1.29 is 13.3 Å². The van der Waals surface area contributed by atoms with E-state index in [4.69, 9.17) is 0 Å². The van der Waals surface area contributed by atoms with E-state index in [1.807, 2.05) is 24.3 Å². The molecule has 2 aromatic carbocycles. The van der Waals surface area contributed by atoms with Gasteiger partial charge in [0.2, 0.25) is 0 Å². The Morgan fingerprint density at radius 3 is 2.72 bits per heavy atom. The van der Waals surface area contributed by atoms with E-state index in [-0.39, 0.29) is 10.6 Å². The van der Waals surface area contributed by atoms with Crippen LogP contribution >= 0.6 is 0 Å². The fourth-order valence-corrected chi connectivity index (χ4v) is 3.27. The van der Waals surface area contributed by atoms with Crippen molar-refractivity contribution in [3.05, 3.63) is 70.4 Å². The van der Waals surface area contributed by atoms with Gasteiger partial charge in [-0.3, -0.25) is 10.1 Å².